The van der Waals surface area contributed by atoms with Gasteiger partial charge in [-0.15, -0.1) is 0 Å². The summed E-state index contributed by atoms with van der Waals surface area (Å²) in [7, 11) is -3.54. The molecule has 1 N–H and O–H groups in total. The van der Waals surface area contributed by atoms with Crippen LogP contribution in [0.1, 0.15) is 21.5 Å². The molecule has 6 nitrogen and oxygen atoms in total. The number of fused-ring (bicyclic) bond motifs is 1. The lowest BCUT2D eigenvalue weighted by Gasteiger charge is -2.22. The molecule has 0 aliphatic carbocycles. The predicted molar refractivity (Wildman–Crippen MR) is 138 cm³/mol. The van der Waals surface area contributed by atoms with Crippen molar-refractivity contribution in [1.29, 1.82) is 0 Å². The molecule has 34 heavy (non-hydrogen) atoms. The lowest BCUT2D eigenvalue weighted by atomic mass is 10.1. The number of nitrogens with zero attached hydrogens (tertiary/aromatic N) is 2. The second-order valence-electron chi connectivity index (χ2n) is 7.71. The zero-order valence-corrected chi connectivity index (χ0v) is 19.9. The van der Waals surface area contributed by atoms with Gasteiger partial charge in [-0.2, -0.15) is 5.10 Å². The van der Waals surface area contributed by atoms with Gasteiger partial charge in [0, 0.05) is 16.1 Å². The number of sulfonamides is 1. The Bertz CT molecular complexity index is 1460. The molecular weight excluding hydrogens is 470 g/mol. The van der Waals surface area contributed by atoms with Crippen LogP contribution < -0.4 is 9.73 Å². The van der Waals surface area contributed by atoms with Crippen molar-refractivity contribution < 1.29 is 13.2 Å². The second-order valence-corrected chi connectivity index (χ2v) is 10.1. The molecule has 0 fully saturated rings. The maximum Gasteiger partial charge on any atom is 0.271 e. The SMILES string of the molecule is CS(=O)(=O)N(Cc1ccc(C(=O)N/N=C\c2cccc3ccccc23)cc1)c1cccc(Cl)c1. The highest BCUT2D eigenvalue weighted by molar-refractivity contribution is 7.92. The van der Waals surface area contributed by atoms with Crippen LogP contribution in [0.3, 0.4) is 0 Å². The van der Waals surface area contributed by atoms with Crippen molar-refractivity contribution in [1.82, 2.24) is 5.43 Å². The zero-order valence-electron chi connectivity index (χ0n) is 18.4. The summed E-state index contributed by atoms with van der Waals surface area (Å²) in [6.07, 6.45) is 2.76. The van der Waals surface area contributed by atoms with Crippen molar-refractivity contribution >= 4 is 50.2 Å². The molecule has 172 valence electrons. The van der Waals surface area contributed by atoms with E-state index in [1.807, 2.05) is 42.5 Å². The quantitative estimate of drug-likeness (QED) is 0.284. The first kappa shape index (κ1) is 23.5. The number of hydrazone groups is 1. The van der Waals surface area contributed by atoms with Crippen LogP contribution in [0.15, 0.2) is 96.1 Å². The largest absolute Gasteiger partial charge is 0.271 e. The van der Waals surface area contributed by atoms with E-state index in [9.17, 15) is 13.2 Å². The fourth-order valence-electron chi connectivity index (χ4n) is 3.55. The summed E-state index contributed by atoms with van der Waals surface area (Å²) in [5.74, 6) is -0.363. The Labute approximate surface area is 203 Å². The topological polar surface area (TPSA) is 78.8 Å². The van der Waals surface area contributed by atoms with Gasteiger partial charge >= 0.3 is 0 Å². The lowest BCUT2D eigenvalue weighted by Crippen LogP contribution is -2.29. The third-order valence-electron chi connectivity index (χ3n) is 5.23. The van der Waals surface area contributed by atoms with E-state index in [-0.39, 0.29) is 12.5 Å². The molecule has 8 heteroatoms. The number of amides is 1. The molecule has 0 atom stereocenters. The molecule has 0 aromatic heterocycles. The van der Waals surface area contributed by atoms with Crippen LogP contribution in [0.4, 0.5) is 5.69 Å². The van der Waals surface area contributed by atoms with E-state index in [1.165, 1.54) is 4.31 Å². The molecule has 0 aliphatic heterocycles. The monoisotopic (exact) mass is 491 g/mol. The summed E-state index contributed by atoms with van der Waals surface area (Å²) < 4.78 is 26.0. The molecule has 4 aromatic carbocycles. The van der Waals surface area contributed by atoms with Gasteiger partial charge in [0.2, 0.25) is 10.0 Å². The lowest BCUT2D eigenvalue weighted by molar-refractivity contribution is 0.0955. The fraction of sp³-hybridized carbons (Fsp3) is 0.0769. The maximum absolute atomic E-state index is 12.5. The molecule has 4 rings (SSSR count). The van der Waals surface area contributed by atoms with Crippen molar-refractivity contribution in [3.63, 3.8) is 0 Å². The summed E-state index contributed by atoms with van der Waals surface area (Å²) in [5.41, 5.74) is 5.04. The van der Waals surface area contributed by atoms with Crippen LogP contribution in [0, 0.1) is 0 Å². The second kappa shape index (κ2) is 10.1. The van der Waals surface area contributed by atoms with Gasteiger partial charge < -0.3 is 0 Å². The van der Waals surface area contributed by atoms with E-state index in [1.54, 1.807) is 54.7 Å². The fourth-order valence-corrected chi connectivity index (χ4v) is 4.61. The van der Waals surface area contributed by atoms with Crippen molar-refractivity contribution in [2.24, 2.45) is 5.10 Å². The molecule has 0 unspecified atom stereocenters. The van der Waals surface area contributed by atoms with Crippen molar-refractivity contribution in [2.75, 3.05) is 10.6 Å². The zero-order chi connectivity index (χ0) is 24.1. The van der Waals surface area contributed by atoms with Crippen LogP contribution in [0.25, 0.3) is 10.8 Å². The summed E-state index contributed by atoms with van der Waals surface area (Å²) >= 11 is 6.03. The minimum Gasteiger partial charge on any atom is -0.267 e. The van der Waals surface area contributed by atoms with E-state index in [2.05, 4.69) is 10.5 Å². The summed E-state index contributed by atoms with van der Waals surface area (Å²) in [6.45, 7) is 0.111. The Hall–Kier alpha value is -3.68. The average molecular weight is 492 g/mol. The molecule has 0 saturated heterocycles. The van der Waals surface area contributed by atoms with Gasteiger partial charge in [0.05, 0.1) is 24.7 Å². The first-order valence-corrected chi connectivity index (χ1v) is 12.7. The van der Waals surface area contributed by atoms with Crippen LogP contribution in [0.2, 0.25) is 5.02 Å². The first-order chi connectivity index (χ1) is 16.3. The van der Waals surface area contributed by atoms with Crippen molar-refractivity contribution in [3.05, 3.63) is 113 Å². The number of rotatable bonds is 7. The van der Waals surface area contributed by atoms with Crippen molar-refractivity contribution in [3.8, 4) is 0 Å². The molecule has 0 radical (unpaired) electrons. The number of anilines is 1. The molecule has 0 aliphatic rings. The number of carbonyl (C=O) groups is 1. The molecule has 0 bridgehead atoms. The summed E-state index contributed by atoms with van der Waals surface area (Å²) in [5, 5.41) is 6.68. The molecule has 4 aromatic rings. The minimum atomic E-state index is -3.54. The van der Waals surface area contributed by atoms with Gasteiger partial charge in [-0.05, 0) is 46.7 Å². The third kappa shape index (κ3) is 5.62. The van der Waals surface area contributed by atoms with Gasteiger partial charge in [0.25, 0.3) is 5.91 Å². The van der Waals surface area contributed by atoms with Crippen LogP contribution in [-0.4, -0.2) is 26.8 Å². The number of benzene rings is 4. The van der Waals surface area contributed by atoms with E-state index < -0.39 is 10.0 Å². The van der Waals surface area contributed by atoms with Gasteiger partial charge in [0.15, 0.2) is 0 Å². The Balaban J connectivity index is 1.45. The van der Waals surface area contributed by atoms with Gasteiger partial charge in [-0.3, -0.25) is 9.10 Å². The first-order valence-electron chi connectivity index (χ1n) is 10.4. The molecular formula is C26H22ClN3O3S. The Morgan fingerprint density at radius 1 is 0.971 bits per heavy atom. The number of carbonyl (C=O) groups excluding carboxylic acids is 1. The number of halogens is 1. The van der Waals surface area contributed by atoms with Crippen LogP contribution in [0.5, 0.6) is 0 Å². The summed E-state index contributed by atoms with van der Waals surface area (Å²) in [6, 6.07) is 27.2. The highest BCUT2D eigenvalue weighted by atomic mass is 35.5. The number of hydrogen-bond acceptors (Lipinski definition) is 4. The van der Waals surface area contributed by atoms with Crippen LogP contribution >= 0.6 is 11.6 Å². The average Bonchev–Trinajstić information content (AvgIpc) is 2.82. The van der Waals surface area contributed by atoms with Gasteiger partial charge in [-0.1, -0.05) is 72.3 Å². The van der Waals surface area contributed by atoms with Gasteiger partial charge in [0.1, 0.15) is 0 Å². The highest BCUT2D eigenvalue weighted by Gasteiger charge is 2.18. The predicted octanol–water partition coefficient (Wildman–Crippen LogP) is 5.22. The standard InChI is InChI=1S/C26H22ClN3O3S/c1-34(32,33)30(24-10-5-9-23(27)16-24)18-19-12-14-21(15-13-19)26(31)29-28-17-22-8-4-7-20-6-2-3-11-25(20)22/h2-17H,18H2,1H3,(H,29,31)/b28-17-. The maximum atomic E-state index is 12.5. The minimum absolute atomic E-state index is 0.111. The van der Waals surface area contributed by atoms with E-state index in [4.69, 9.17) is 11.6 Å². The molecule has 1 amide bonds. The van der Waals surface area contributed by atoms with E-state index in [0.717, 1.165) is 28.2 Å². The summed E-state index contributed by atoms with van der Waals surface area (Å²) in [4.78, 5) is 12.5. The number of nitrogens with one attached hydrogen (secondary N) is 1. The molecule has 0 spiro atoms. The Morgan fingerprint density at radius 3 is 2.41 bits per heavy atom. The highest BCUT2D eigenvalue weighted by Crippen LogP contribution is 2.24. The van der Waals surface area contributed by atoms with E-state index in [0.29, 0.717) is 16.3 Å². The molecule has 0 saturated carbocycles. The van der Waals surface area contributed by atoms with E-state index >= 15 is 0 Å². The van der Waals surface area contributed by atoms with Crippen molar-refractivity contribution in [2.45, 2.75) is 6.54 Å². The normalized spacial score (nSPS) is 11.6. The Morgan fingerprint density at radius 2 is 1.68 bits per heavy atom. The molecule has 0 heterocycles. The number of hydrogen-bond donors (Lipinski definition) is 1. The smallest absolute Gasteiger partial charge is 0.267 e. The Kier molecular flexibility index (Phi) is 6.95. The van der Waals surface area contributed by atoms with Gasteiger partial charge in [-0.25, -0.2) is 13.8 Å². The third-order valence-corrected chi connectivity index (χ3v) is 6.61. The van der Waals surface area contributed by atoms with Crippen LogP contribution in [-0.2, 0) is 16.6 Å².